The van der Waals surface area contributed by atoms with Crippen LogP contribution in [0.1, 0.15) is 28.3 Å². The van der Waals surface area contributed by atoms with E-state index in [9.17, 15) is 13.2 Å². The van der Waals surface area contributed by atoms with E-state index in [0.29, 0.717) is 16.3 Å². The number of anilines is 1. The van der Waals surface area contributed by atoms with E-state index in [1.54, 1.807) is 35.7 Å². The number of halogens is 1. The number of carbonyl (C=O) groups excluding carboxylic acids is 1. The van der Waals surface area contributed by atoms with E-state index < -0.39 is 10.0 Å². The van der Waals surface area contributed by atoms with Crippen LogP contribution in [-0.2, 0) is 10.0 Å². The van der Waals surface area contributed by atoms with Crippen molar-refractivity contribution >= 4 is 44.6 Å². The minimum Gasteiger partial charge on any atom is -0.349 e. The molecule has 0 aliphatic heterocycles. The summed E-state index contributed by atoms with van der Waals surface area (Å²) in [6, 6.07) is 17.4. The summed E-state index contributed by atoms with van der Waals surface area (Å²) in [6.45, 7) is 0. The Morgan fingerprint density at radius 1 is 1.07 bits per heavy atom. The average Bonchev–Trinajstić information content (AvgIpc) is 3.18. The molecule has 0 radical (unpaired) electrons. The van der Waals surface area contributed by atoms with Gasteiger partial charge in [0.15, 0.2) is 0 Å². The molecule has 0 bridgehead atoms. The second-order valence-electron chi connectivity index (χ2n) is 6.59. The smallest absolute Gasteiger partial charge is 0.271 e. The Labute approximate surface area is 172 Å². The molecular weight excluding hydrogens is 416 g/mol. The highest BCUT2D eigenvalue weighted by atomic mass is 35.5. The number of hydrogen-bond donors (Lipinski definition) is 2. The maximum atomic E-state index is 12.6. The number of benzene rings is 2. The lowest BCUT2D eigenvalue weighted by atomic mass is 10.1. The second kappa shape index (κ2) is 7.58. The molecule has 1 aromatic heterocycles. The van der Waals surface area contributed by atoms with Crippen LogP contribution in [0.2, 0.25) is 5.02 Å². The zero-order chi connectivity index (χ0) is 19.7. The van der Waals surface area contributed by atoms with Gasteiger partial charge in [-0.05, 0) is 53.8 Å². The number of carbonyl (C=O) groups is 1. The van der Waals surface area contributed by atoms with Crippen LogP contribution in [-0.4, -0.2) is 20.4 Å². The Kier molecular flexibility index (Phi) is 5.14. The van der Waals surface area contributed by atoms with Crippen LogP contribution in [0.15, 0.2) is 70.3 Å². The van der Waals surface area contributed by atoms with Crippen LogP contribution in [0.5, 0.6) is 0 Å². The van der Waals surface area contributed by atoms with Gasteiger partial charge in [-0.1, -0.05) is 35.9 Å². The van der Waals surface area contributed by atoms with Crippen LogP contribution in [0.25, 0.3) is 0 Å². The van der Waals surface area contributed by atoms with Gasteiger partial charge in [0, 0.05) is 28.2 Å². The first-order chi connectivity index (χ1) is 13.4. The van der Waals surface area contributed by atoms with E-state index in [2.05, 4.69) is 10.0 Å². The first-order valence-electron chi connectivity index (χ1n) is 8.65. The molecule has 8 heteroatoms. The lowest BCUT2D eigenvalue weighted by Gasteiger charge is -2.09. The van der Waals surface area contributed by atoms with Gasteiger partial charge in [0.25, 0.3) is 15.9 Å². The lowest BCUT2D eigenvalue weighted by molar-refractivity contribution is 0.0950. The molecular formula is C20H17ClN2O3S2. The predicted molar refractivity (Wildman–Crippen MR) is 112 cm³/mol. The SMILES string of the molecule is O=C(N[C@@H]1C[C@H]1c1ccc(Cl)cc1)c1cccc(NS(=O)(=O)c2cccs2)c1. The molecule has 4 rings (SSSR count). The molecule has 3 aromatic rings. The summed E-state index contributed by atoms with van der Waals surface area (Å²) in [6.07, 6.45) is 0.873. The molecule has 1 saturated carbocycles. The number of rotatable bonds is 6. The number of hydrogen-bond acceptors (Lipinski definition) is 4. The zero-order valence-electron chi connectivity index (χ0n) is 14.6. The standard InChI is InChI=1S/C20H17ClN2O3S2/c21-15-8-6-13(7-9-15)17-12-18(17)22-20(24)14-3-1-4-16(11-14)23-28(25,26)19-5-2-10-27-19/h1-11,17-18,23H,12H2,(H,22,24)/t17-,18+/m0/s1. The number of amides is 1. The molecule has 2 atom stereocenters. The van der Waals surface area contributed by atoms with Gasteiger partial charge in [0.2, 0.25) is 0 Å². The molecule has 28 heavy (non-hydrogen) atoms. The monoisotopic (exact) mass is 432 g/mol. The van der Waals surface area contributed by atoms with Gasteiger partial charge in [0.05, 0.1) is 0 Å². The third-order valence-corrected chi connectivity index (χ3v) is 7.57. The number of nitrogens with one attached hydrogen (secondary N) is 2. The first-order valence-corrected chi connectivity index (χ1v) is 11.4. The Balaban J connectivity index is 1.42. The normalized spacial score (nSPS) is 18.5. The fraction of sp³-hybridized carbons (Fsp3) is 0.150. The van der Waals surface area contributed by atoms with Crippen LogP contribution < -0.4 is 10.0 Å². The van der Waals surface area contributed by atoms with E-state index in [0.717, 1.165) is 23.3 Å². The number of sulfonamides is 1. The van der Waals surface area contributed by atoms with Crippen LogP contribution in [0.3, 0.4) is 0 Å². The molecule has 1 amide bonds. The van der Waals surface area contributed by atoms with Gasteiger partial charge >= 0.3 is 0 Å². The second-order valence-corrected chi connectivity index (χ2v) is 9.89. The van der Waals surface area contributed by atoms with Crippen molar-refractivity contribution in [3.63, 3.8) is 0 Å². The Bertz CT molecular complexity index is 1100. The van der Waals surface area contributed by atoms with E-state index in [-0.39, 0.29) is 22.1 Å². The Hall–Kier alpha value is -2.35. The lowest BCUT2D eigenvalue weighted by Crippen LogP contribution is -2.26. The van der Waals surface area contributed by atoms with Gasteiger partial charge in [0.1, 0.15) is 4.21 Å². The van der Waals surface area contributed by atoms with Crippen molar-refractivity contribution in [2.75, 3.05) is 4.72 Å². The molecule has 0 saturated heterocycles. The summed E-state index contributed by atoms with van der Waals surface area (Å²) in [7, 11) is -3.65. The third-order valence-electron chi connectivity index (χ3n) is 4.54. The van der Waals surface area contributed by atoms with E-state index >= 15 is 0 Å². The molecule has 2 aromatic carbocycles. The zero-order valence-corrected chi connectivity index (χ0v) is 17.0. The fourth-order valence-corrected chi connectivity index (χ4v) is 5.20. The van der Waals surface area contributed by atoms with Crippen molar-refractivity contribution in [3.8, 4) is 0 Å². The first kappa shape index (κ1) is 19.0. The van der Waals surface area contributed by atoms with Gasteiger partial charge < -0.3 is 5.32 Å². The molecule has 1 fully saturated rings. The summed E-state index contributed by atoms with van der Waals surface area (Å²) < 4.78 is 27.4. The van der Waals surface area contributed by atoms with Crippen molar-refractivity contribution in [1.82, 2.24) is 5.32 Å². The summed E-state index contributed by atoms with van der Waals surface area (Å²) >= 11 is 7.05. The molecule has 1 heterocycles. The molecule has 2 N–H and O–H groups in total. The minimum absolute atomic E-state index is 0.0696. The quantitative estimate of drug-likeness (QED) is 0.602. The molecule has 1 aliphatic rings. The molecule has 1 aliphatic carbocycles. The highest BCUT2D eigenvalue weighted by Crippen LogP contribution is 2.41. The largest absolute Gasteiger partial charge is 0.349 e. The van der Waals surface area contributed by atoms with Crippen molar-refractivity contribution in [3.05, 3.63) is 82.2 Å². The van der Waals surface area contributed by atoms with Crippen LogP contribution in [0, 0.1) is 0 Å². The summed E-state index contributed by atoms with van der Waals surface area (Å²) in [4.78, 5) is 12.6. The molecule has 0 unspecified atom stereocenters. The van der Waals surface area contributed by atoms with Crippen molar-refractivity contribution in [1.29, 1.82) is 0 Å². The van der Waals surface area contributed by atoms with Crippen molar-refractivity contribution in [2.24, 2.45) is 0 Å². The van der Waals surface area contributed by atoms with Crippen molar-refractivity contribution < 1.29 is 13.2 Å². The maximum Gasteiger partial charge on any atom is 0.271 e. The summed E-state index contributed by atoms with van der Waals surface area (Å²) in [5.74, 6) is 0.0559. The van der Waals surface area contributed by atoms with Crippen LogP contribution >= 0.6 is 22.9 Å². The third kappa shape index (κ3) is 4.22. The maximum absolute atomic E-state index is 12.6. The van der Waals surface area contributed by atoms with E-state index in [4.69, 9.17) is 11.6 Å². The topological polar surface area (TPSA) is 75.3 Å². The average molecular weight is 433 g/mol. The van der Waals surface area contributed by atoms with Gasteiger partial charge in [-0.15, -0.1) is 11.3 Å². The van der Waals surface area contributed by atoms with Gasteiger partial charge in [-0.25, -0.2) is 8.42 Å². The molecule has 144 valence electrons. The Morgan fingerprint density at radius 2 is 1.86 bits per heavy atom. The van der Waals surface area contributed by atoms with Gasteiger partial charge in [-0.2, -0.15) is 0 Å². The number of thiophene rings is 1. The summed E-state index contributed by atoms with van der Waals surface area (Å²) in [5.41, 5.74) is 1.91. The predicted octanol–water partition coefficient (Wildman–Crippen LogP) is 4.49. The van der Waals surface area contributed by atoms with Crippen molar-refractivity contribution in [2.45, 2.75) is 22.6 Å². The highest BCUT2D eigenvalue weighted by molar-refractivity contribution is 7.94. The summed E-state index contributed by atoms with van der Waals surface area (Å²) in [5, 5.41) is 5.39. The fourth-order valence-electron chi connectivity index (χ4n) is 3.03. The van der Waals surface area contributed by atoms with Crippen LogP contribution in [0.4, 0.5) is 5.69 Å². The Morgan fingerprint density at radius 3 is 2.57 bits per heavy atom. The molecule has 0 spiro atoms. The van der Waals surface area contributed by atoms with E-state index in [1.165, 1.54) is 6.07 Å². The minimum atomic E-state index is -3.65. The van der Waals surface area contributed by atoms with Gasteiger partial charge in [-0.3, -0.25) is 9.52 Å². The highest BCUT2D eigenvalue weighted by Gasteiger charge is 2.39. The van der Waals surface area contributed by atoms with E-state index in [1.807, 2.05) is 24.3 Å². The molecule has 5 nitrogen and oxygen atoms in total.